The van der Waals surface area contributed by atoms with Gasteiger partial charge in [-0.3, -0.25) is 0 Å². The second-order valence-corrected chi connectivity index (χ2v) is 4.62. The predicted octanol–water partition coefficient (Wildman–Crippen LogP) is 2.69. The van der Waals surface area contributed by atoms with Crippen molar-refractivity contribution in [1.29, 1.82) is 0 Å². The maximum absolute atomic E-state index is 13.8. The van der Waals surface area contributed by atoms with Gasteiger partial charge in [0.1, 0.15) is 0 Å². The molecule has 1 aliphatic heterocycles. The van der Waals surface area contributed by atoms with Crippen LogP contribution in [0, 0.1) is 5.82 Å². The Labute approximate surface area is 102 Å². The molecule has 1 N–H and O–H groups in total. The van der Waals surface area contributed by atoms with Crippen LogP contribution < -0.4 is 10.1 Å². The number of hydrogen-bond donors (Lipinski definition) is 1. The molecule has 0 spiro atoms. The van der Waals surface area contributed by atoms with Gasteiger partial charge >= 0.3 is 0 Å². The molecule has 0 saturated carbocycles. The van der Waals surface area contributed by atoms with Crippen molar-refractivity contribution in [2.45, 2.75) is 38.6 Å². The zero-order valence-electron chi connectivity index (χ0n) is 10.6. The molecule has 0 radical (unpaired) electrons. The van der Waals surface area contributed by atoms with Gasteiger partial charge < -0.3 is 10.1 Å². The van der Waals surface area contributed by atoms with Crippen molar-refractivity contribution in [3.8, 4) is 5.75 Å². The summed E-state index contributed by atoms with van der Waals surface area (Å²) in [7, 11) is 1.54. The van der Waals surface area contributed by atoms with Crippen molar-refractivity contribution in [3.05, 3.63) is 29.1 Å². The third-order valence-corrected chi connectivity index (χ3v) is 3.42. The van der Waals surface area contributed by atoms with Crippen molar-refractivity contribution in [1.82, 2.24) is 5.32 Å². The van der Waals surface area contributed by atoms with Crippen LogP contribution in [0.5, 0.6) is 5.75 Å². The predicted molar refractivity (Wildman–Crippen MR) is 67.1 cm³/mol. The van der Waals surface area contributed by atoms with Crippen molar-refractivity contribution < 1.29 is 9.13 Å². The van der Waals surface area contributed by atoms with E-state index in [0.717, 1.165) is 30.5 Å². The molecule has 1 saturated heterocycles. The summed E-state index contributed by atoms with van der Waals surface area (Å²) in [6.45, 7) is 3.11. The van der Waals surface area contributed by atoms with Crippen molar-refractivity contribution in [3.63, 3.8) is 0 Å². The number of hydrogen-bond acceptors (Lipinski definition) is 2. The molecular formula is C14H20FNO. The van der Waals surface area contributed by atoms with Gasteiger partial charge in [0, 0.05) is 6.04 Å². The van der Waals surface area contributed by atoms with Gasteiger partial charge in [0.2, 0.25) is 0 Å². The highest BCUT2D eigenvalue weighted by atomic mass is 19.1. The largest absolute Gasteiger partial charge is 0.493 e. The van der Waals surface area contributed by atoms with Crippen LogP contribution in [0.4, 0.5) is 4.39 Å². The summed E-state index contributed by atoms with van der Waals surface area (Å²) in [6, 6.07) is 4.11. The minimum atomic E-state index is -0.236. The van der Waals surface area contributed by atoms with Crippen molar-refractivity contribution >= 4 is 0 Å². The molecule has 2 rings (SSSR count). The molecule has 1 atom stereocenters. The molecule has 94 valence electrons. The Morgan fingerprint density at radius 2 is 2.29 bits per heavy atom. The summed E-state index contributed by atoms with van der Waals surface area (Å²) < 4.78 is 19.0. The molecule has 1 unspecified atom stereocenters. The van der Waals surface area contributed by atoms with Crippen LogP contribution in [0.1, 0.15) is 30.9 Å². The summed E-state index contributed by atoms with van der Waals surface area (Å²) in [4.78, 5) is 0. The first-order chi connectivity index (χ1) is 8.24. The SMILES string of the molecule is CCc1cc(F)c(OC)c(CC2CCCN2)c1. The number of aryl methyl sites for hydroxylation is 1. The van der Waals surface area contributed by atoms with E-state index in [1.54, 1.807) is 6.07 Å². The van der Waals surface area contributed by atoms with Gasteiger partial charge in [-0.25, -0.2) is 4.39 Å². The van der Waals surface area contributed by atoms with Crippen LogP contribution in [-0.4, -0.2) is 19.7 Å². The van der Waals surface area contributed by atoms with Gasteiger partial charge in [0.25, 0.3) is 0 Å². The lowest BCUT2D eigenvalue weighted by Crippen LogP contribution is -2.24. The lowest BCUT2D eigenvalue weighted by Gasteiger charge is -2.15. The fourth-order valence-electron chi connectivity index (χ4n) is 2.49. The van der Waals surface area contributed by atoms with E-state index in [0.29, 0.717) is 11.8 Å². The third-order valence-electron chi connectivity index (χ3n) is 3.42. The summed E-state index contributed by atoms with van der Waals surface area (Å²) >= 11 is 0. The first-order valence-electron chi connectivity index (χ1n) is 6.33. The Kier molecular flexibility index (Phi) is 4.00. The van der Waals surface area contributed by atoms with E-state index in [-0.39, 0.29) is 5.82 Å². The Balaban J connectivity index is 2.25. The summed E-state index contributed by atoms with van der Waals surface area (Å²) in [6.07, 6.45) is 4.09. The molecule has 1 fully saturated rings. The zero-order valence-corrected chi connectivity index (χ0v) is 10.6. The molecule has 0 aliphatic carbocycles. The molecule has 0 aromatic heterocycles. The molecule has 3 heteroatoms. The maximum atomic E-state index is 13.8. The molecule has 1 heterocycles. The van der Waals surface area contributed by atoms with E-state index in [4.69, 9.17) is 4.74 Å². The van der Waals surface area contributed by atoms with Crippen LogP contribution >= 0.6 is 0 Å². The molecule has 0 bridgehead atoms. The standard InChI is InChI=1S/C14H20FNO/c1-3-10-7-11(9-12-5-4-6-16-12)14(17-2)13(15)8-10/h7-8,12,16H,3-6,9H2,1-2H3. The van der Waals surface area contributed by atoms with Gasteiger partial charge in [-0.05, 0) is 49.4 Å². The molecular weight excluding hydrogens is 217 g/mol. The first-order valence-corrected chi connectivity index (χ1v) is 6.33. The summed E-state index contributed by atoms with van der Waals surface area (Å²) in [5.41, 5.74) is 2.03. The molecule has 0 amide bonds. The highest BCUT2D eigenvalue weighted by Crippen LogP contribution is 2.27. The van der Waals surface area contributed by atoms with Crippen LogP contribution in [-0.2, 0) is 12.8 Å². The van der Waals surface area contributed by atoms with E-state index < -0.39 is 0 Å². The number of halogens is 1. The number of benzene rings is 1. The normalized spacial score (nSPS) is 19.6. The fourth-order valence-corrected chi connectivity index (χ4v) is 2.49. The topological polar surface area (TPSA) is 21.3 Å². The van der Waals surface area contributed by atoms with E-state index in [1.165, 1.54) is 20.0 Å². The highest BCUT2D eigenvalue weighted by molar-refractivity contribution is 5.39. The van der Waals surface area contributed by atoms with Crippen molar-refractivity contribution in [2.24, 2.45) is 0 Å². The van der Waals surface area contributed by atoms with E-state index in [9.17, 15) is 4.39 Å². The minimum Gasteiger partial charge on any atom is -0.493 e. The minimum absolute atomic E-state index is 0.236. The lowest BCUT2D eigenvalue weighted by molar-refractivity contribution is 0.378. The number of nitrogens with one attached hydrogen (secondary N) is 1. The second kappa shape index (κ2) is 5.50. The zero-order chi connectivity index (χ0) is 12.3. The Bertz CT molecular complexity index is 386. The van der Waals surface area contributed by atoms with Crippen LogP contribution in [0.25, 0.3) is 0 Å². The third kappa shape index (κ3) is 2.78. The Morgan fingerprint density at radius 1 is 1.47 bits per heavy atom. The van der Waals surface area contributed by atoms with Gasteiger partial charge in [-0.2, -0.15) is 0 Å². The van der Waals surface area contributed by atoms with Gasteiger partial charge in [0.15, 0.2) is 11.6 Å². The van der Waals surface area contributed by atoms with Gasteiger partial charge in [0.05, 0.1) is 7.11 Å². The lowest BCUT2D eigenvalue weighted by atomic mass is 10.00. The fraction of sp³-hybridized carbons (Fsp3) is 0.571. The van der Waals surface area contributed by atoms with E-state index in [2.05, 4.69) is 11.4 Å². The van der Waals surface area contributed by atoms with Crippen LogP contribution in [0.2, 0.25) is 0 Å². The quantitative estimate of drug-likeness (QED) is 0.869. The molecule has 1 aliphatic rings. The summed E-state index contributed by atoms with van der Waals surface area (Å²) in [5.74, 6) is 0.177. The smallest absolute Gasteiger partial charge is 0.165 e. The Morgan fingerprint density at radius 3 is 2.88 bits per heavy atom. The van der Waals surface area contributed by atoms with Crippen LogP contribution in [0.15, 0.2) is 12.1 Å². The summed E-state index contributed by atoms with van der Waals surface area (Å²) in [5, 5.41) is 3.44. The Hall–Kier alpha value is -1.09. The maximum Gasteiger partial charge on any atom is 0.165 e. The van der Waals surface area contributed by atoms with E-state index >= 15 is 0 Å². The van der Waals surface area contributed by atoms with E-state index in [1.807, 2.05) is 6.92 Å². The first kappa shape index (κ1) is 12.4. The number of methoxy groups -OCH3 is 1. The van der Waals surface area contributed by atoms with Crippen LogP contribution in [0.3, 0.4) is 0 Å². The highest BCUT2D eigenvalue weighted by Gasteiger charge is 2.18. The molecule has 1 aromatic rings. The number of ether oxygens (including phenoxy) is 1. The average molecular weight is 237 g/mol. The second-order valence-electron chi connectivity index (χ2n) is 4.62. The molecule has 1 aromatic carbocycles. The molecule has 2 nitrogen and oxygen atoms in total. The number of rotatable bonds is 4. The van der Waals surface area contributed by atoms with Crippen molar-refractivity contribution in [2.75, 3.05) is 13.7 Å². The van der Waals surface area contributed by atoms with Gasteiger partial charge in [-0.1, -0.05) is 13.0 Å². The van der Waals surface area contributed by atoms with Gasteiger partial charge in [-0.15, -0.1) is 0 Å². The average Bonchev–Trinajstić information content (AvgIpc) is 2.81. The molecule has 17 heavy (non-hydrogen) atoms. The monoisotopic (exact) mass is 237 g/mol.